The van der Waals surface area contributed by atoms with E-state index in [4.69, 9.17) is 8.92 Å². The van der Waals surface area contributed by atoms with Gasteiger partial charge in [-0.2, -0.15) is 8.42 Å². The molecule has 0 heterocycles. The highest BCUT2D eigenvalue weighted by molar-refractivity contribution is 7.85. The standard InChI is InChI=1S/C16H25NO5S/c1-5-21-15(18)10-17-14-8-6-13(7-9-14)11-23(19,20)22-12-16(2,3)4/h6-9,17H,5,10-12H2,1-4H3. The Hall–Kier alpha value is -1.60. The molecule has 0 aromatic heterocycles. The first-order valence-corrected chi connectivity index (χ1v) is 9.04. The predicted octanol–water partition coefficient (Wildman–Crippen LogP) is 2.55. The Kier molecular flexibility index (Phi) is 7.02. The summed E-state index contributed by atoms with van der Waals surface area (Å²) in [5.74, 6) is -0.518. The second-order valence-corrected chi connectivity index (χ2v) is 8.02. The molecule has 0 saturated carbocycles. The van der Waals surface area contributed by atoms with Gasteiger partial charge in [-0.25, -0.2) is 0 Å². The Bertz CT molecular complexity index is 602. The van der Waals surface area contributed by atoms with Gasteiger partial charge in [0.25, 0.3) is 10.1 Å². The van der Waals surface area contributed by atoms with Crippen LogP contribution >= 0.6 is 0 Å². The molecule has 130 valence electrons. The number of hydrogen-bond donors (Lipinski definition) is 1. The summed E-state index contributed by atoms with van der Waals surface area (Å²) in [4.78, 5) is 11.2. The number of esters is 1. The number of hydrogen-bond acceptors (Lipinski definition) is 6. The van der Waals surface area contributed by atoms with Gasteiger partial charge in [-0.3, -0.25) is 8.98 Å². The zero-order valence-electron chi connectivity index (χ0n) is 14.1. The molecule has 0 bridgehead atoms. The van der Waals surface area contributed by atoms with Gasteiger partial charge in [0, 0.05) is 5.69 Å². The van der Waals surface area contributed by atoms with Crippen LogP contribution in [-0.4, -0.2) is 34.1 Å². The molecular weight excluding hydrogens is 318 g/mol. The zero-order chi connectivity index (χ0) is 17.5. The van der Waals surface area contributed by atoms with E-state index in [0.717, 1.165) is 5.69 Å². The summed E-state index contributed by atoms with van der Waals surface area (Å²) in [6.45, 7) is 8.03. The molecule has 0 spiro atoms. The molecule has 1 aromatic rings. The van der Waals surface area contributed by atoms with Gasteiger partial charge in [-0.1, -0.05) is 32.9 Å². The van der Waals surface area contributed by atoms with Crippen LogP contribution in [0, 0.1) is 5.41 Å². The van der Waals surface area contributed by atoms with Crippen molar-refractivity contribution >= 4 is 21.8 Å². The van der Waals surface area contributed by atoms with E-state index in [1.54, 1.807) is 31.2 Å². The third-order valence-corrected chi connectivity index (χ3v) is 3.87. The van der Waals surface area contributed by atoms with Crippen molar-refractivity contribution in [2.75, 3.05) is 25.1 Å². The average molecular weight is 343 g/mol. The number of benzene rings is 1. The first kappa shape index (κ1) is 19.4. The molecule has 0 aliphatic carbocycles. The van der Waals surface area contributed by atoms with E-state index in [2.05, 4.69) is 5.32 Å². The van der Waals surface area contributed by atoms with Crippen LogP contribution in [0.4, 0.5) is 5.69 Å². The Labute approximate surface area is 138 Å². The number of anilines is 1. The van der Waals surface area contributed by atoms with Gasteiger partial charge in [0.15, 0.2) is 0 Å². The van der Waals surface area contributed by atoms with E-state index in [1.807, 2.05) is 20.8 Å². The first-order chi connectivity index (χ1) is 10.6. The SMILES string of the molecule is CCOC(=O)CNc1ccc(CS(=O)(=O)OCC(C)(C)C)cc1. The maximum atomic E-state index is 11.9. The molecule has 23 heavy (non-hydrogen) atoms. The van der Waals surface area contributed by atoms with Gasteiger partial charge in [-0.15, -0.1) is 0 Å². The second-order valence-electron chi connectivity index (χ2n) is 6.38. The predicted molar refractivity (Wildman–Crippen MR) is 89.6 cm³/mol. The molecule has 1 aromatic carbocycles. The third-order valence-electron chi connectivity index (χ3n) is 2.71. The average Bonchev–Trinajstić information content (AvgIpc) is 2.44. The van der Waals surface area contributed by atoms with E-state index in [0.29, 0.717) is 12.2 Å². The molecule has 7 heteroatoms. The fourth-order valence-corrected chi connectivity index (χ4v) is 2.83. The van der Waals surface area contributed by atoms with Crippen LogP contribution in [0.2, 0.25) is 0 Å². The van der Waals surface area contributed by atoms with E-state index in [1.165, 1.54) is 0 Å². The topological polar surface area (TPSA) is 81.7 Å². The summed E-state index contributed by atoms with van der Waals surface area (Å²) in [5, 5.41) is 2.91. The number of carbonyl (C=O) groups is 1. The lowest BCUT2D eigenvalue weighted by molar-refractivity contribution is -0.140. The van der Waals surface area contributed by atoms with Crippen LogP contribution in [0.3, 0.4) is 0 Å². The molecule has 1 N–H and O–H groups in total. The van der Waals surface area contributed by atoms with Crippen LogP contribution in [0.25, 0.3) is 0 Å². The van der Waals surface area contributed by atoms with Crippen molar-refractivity contribution in [2.24, 2.45) is 5.41 Å². The van der Waals surface area contributed by atoms with Crippen molar-refractivity contribution < 1.29 is 22.1 Å². The fraction of sp³-hybridized carbons (Fsp3) is 0.562. The summed E-state index contributed by atoms with van der Waals surface area (Å²) in [7, 11) is -3.61. The van der Waals surface area contributed by atoms with Gasteiger partial charge < -0.3 is 10.1 Å². The van der Waals surface area contributed by atoms with Crippen LogP contribution in [0.1, 0.15) is 33.3 Å². The number of carbonyl (C=O) groups excluding carboxylic acids is 1. The molecule has 0 atom stereocenters. The lowest BCUT2D eigenvalue weighted by atomic mass is 9.99. The summed E-state index contributed by atoms with van der Waals surface area (Å²) < 4.78 is 33.7. The largest absolute Gasteiger partial charge is 0.465 e. The molecule has 0 saturated heterocycles. The molecule has 0 amide bonds. The molecule has 0 fully saturated rings. The smallest absolute Gasteiger partial charge is 0.325 e. The summed E-state index contributed by atoms with van der Waals surface area (Å²) >= 11 is 0. The van der Waals surface area contributed by atoms with Crippen LogP contribution in [0.5, 0.6) is 0 Å². The maximum absolute atomic E-state index is 11.9. The quantitative estimate of drug-likeness (QED) is 0.577. The molecule has 6 nitrogen and oxygen atoms in total. The Balaban J connectivity index is 2.55. The maximum Gasteiger partial charge on any atom is 0.325 e. The van der Waals surface area contributed by atoms with Gasteiger partial charge in [0.1, 0.15) is 12.3 Å². The Morgan fingerprint density at radius 3 is 2.30 bits per heavy atom. The summed E-state index contributed by atoms with van der Waals surface area (Å²) in [5.41, 5.74) is 1.13. The minimum absolute atomic E-state index is 0.0696. The van der Waals surface area contributed by atoms with Crippen LogP contribution < -0.4 is 5.32 Å². The monoisotopic (exact) mass is 343 g/mol. The van der Waals surface area contributed by atoms with Crippen molar-refractivity contribution in [1.29, 1.82) is 0 Å². The highest BCUT2D eigenvalue weighted by Crippen LogP contribution is 2.17. The van der Waals surface area contributed by atoms with E-state index in [-0.39, 0.29) is 30.3 Å². The van der Waals surface area contributed by atoms with Crippen molar-refractivity contribution in [2.45, 2.75) is 33.4 Å². The zero-order valence-corrected chi connectivity index (χ0v) is 14.9. The third kappa shape index (κ3) is 8.56. The van der Waals surface area contributed by atoms with E-state index < -0.39 is 10.1 Å². The summed E-state index contributed by atoms with van der Waals surface area (Å²) in [6.07, 6.45) is 0. The number of rotatable bonds is 8. The first-order valence-electron chi connectivity index (χ1n) is 7.47. The number of ether oxygens (including phenoxy) is 1. The summed E-state index contributed by atoms with van der Waals surface area (Å²) in [6, 6.07) is 6.80. The normalized spacial score (nSPS) is 12.0. The molecule has 0 aliphatic heterocycles. The van der Waals surface area contributed by atoms with Crippen LogP contribution in [0.15, 0.2) is 24.3 Å². The Morgan fingerprint density at radius 1 is 1.17 bits per heavy atom. The van der Waals surface area contributed by atoms with Crippen molar-refractivity contribution in [3.8, 4) is 0 Å². The fourth-order valence-electron chi connectivity index (χ4n) is 1.62. The molecular formula is C16H25NO5S. The number of nitrogens with one attached hydrogen (secondary N) is 1. The molecule has 0 radical (unpaired) electrons. The minimum atomic E-state index is -3.61. The highest BCUT2D eigenvalue weighted by Gasteiger charge is 2.18. The van der Waals surface area contributed by atoms with Gasteiger partial charge in [0.2, 0.25) is 0 Å². The molecule has 0 aliphatic rings. The molecule has 1 rings (SSSR count). The molecule has 0 unspecified atom stereocenters. The minimum Gasteiger partial charge on any atom is -0.465 e. The van der Waals surface area contributed by atoms with Crippen LogP contribution in [-0.2, 0) is 29.6 Å². The Morgan fingerprint density at radius 2 is 1.78 bits per heavy atom. The van der Waals surface area contributed by atoms with Crippen molar-refractivity contribution in [1.82, 2.24) is 0 Å². The van der Waals surface area contributed by atoms with Gasteiger partial charge >= 0.3 is 5.97 Å². The lowest BCUT2D eigenvalue weighted by Crippen LogP contribution is -2.19. The van der Waals surface area contributed by atoms with E-state index in [9.17, 15) is 13.2 Å². The van der Waals surface area contributed by atoms with Gasteiger partial charge in [0.05, 0.1) is 13.2 Å². The van der Waals surface area contributed by atoms with Crippen molar-refractivity contribution in [3.05, 3.63) is 29.8 Å². The second kappa shape index (κ2) is 8.31. The van der Waals surface area contributed by atoms with Crippen molar-refractivity contribution in [3.63, 3.8) is 0 Å². The highest BCUT2D eigenvalue weighted by atomic mass is 32.2. The lowest BCUT2D eigenvalue weighted by Gasteiger charge is -2.17. The van der Waals surface area contributed by atoms with Gasteiger partial charge in [-0.05, 0) is 30.0 Å². The van der Waals surface area contributed by atoms with E-state index >= 15 is 0 Å².